The van der Waals surface area contributed by atoms with E-state index >= 15 is 0 Å². The highest BCUT2D eigenvalue weighted by Crippen LogP contribution is 2.23. The van der Waals surface area contributed by atoms with Crippen LogP contribution in [-0.2, 0) is 10.0 Å². The number of sulfonamides is 1. The molecule has 0 aliphatic rings. The van der Waals surface area contributed by atoms with E-state index in [4.69, 9.17) is 11.6 Å². The van der Waals surface area contributed by atoms with Gasteiger partial charge in [0.05, 0.1) is 15.5 Å². The third-order valence-corrected chi connectivity index (χ3v) is 5.26. The first-order chi connectivity index (χ1) is 9.83. The summed E-state index contributed by atoms with van der Waals surface area (Å²) >= 11 is 6.56. The number of benzene rings is 1. The van der Waals surface area contributed by atoms with Crippen molar-refractivity contribution in [2.24, 2.45) is 0 Å². The van der Waals surface area contributed by atoms with Gasteiger partial charge in [-0.3, -0.25) is 4.79 Å². The monoisotopic (exact) mass is 348 g/mol. The van der Waals surface area contributed by atoms with Gasteiger partial charge in [0.1, 0.15) is 5.82 Å². The second-order valence-corrected chi connectivity index (χ2v) is 7.17. The molecular weight excluding hydrogens is 339 g/mol. The lowest BCUT2D eigenvalue weighted by molar-refractivity contribution is 0.103. The van der Waals surface area contributed by atoms with Gasteiger partial charge in [-0.2, -0.15) is 0 Å². The van der Waals surface area contributed by atoms with Gasteiger partial charge in [-0.15, -0.1) is 11.3 Å². The molecule has 0 saturated carbocycles. The molecule has 0 radical (unpaired) electrons. The molecule has 21 heavy (non-hydrogen) atoms. The summed E-state index contributed by atoms with van der Waals surface area (Å²) in [6.45, 7) is 0. The van der Waals surface area contributed by atoms with Crippen molar-refractivity contribution < 1.29 is 17.6 Å². The van der Waals surface area contributed by atoms with Crippen LogP contribution in [-0.4, -0.2) is 21.4 Å². The fraction of sp³-hybridized carbons (Fsp3) is 0.0833. The van der Waals surface area contributed by atoms with Gasteiger partial charge in [0.15, 0.2) is 0 Å². The topological polar surface area (TPSA) is 75.3 Å². The Morgan fingerprint density at radius 3 is 2.67 bits per heavy atom. The van der Waals surface area contributed by atoms with E-state index in [1.54, 1.807) is 0 Å². The van der Waals surface area contributed by atoms with Crippen LogP contribution in [0.1, 0.15) is 9.67 Å². The van der Waals surface area contributed by atoms with E-state index in [-0.39, 0.29) is 20.5 Å². The minimum Gasteiger partial charge on any atom is -0.319 e. The summed E-state index contributed by atoms with van der Waals surface area (Å²) in [5, 5.41) is 3.90. The van der Waals surface area contributed by atoms with Crippen molar-refractivity contribution in [1.29, 1.82) is 0 Å². The number of halogens is 2. The van der Waals surface area contributed by atoms with Crippen molar-refractivity contribution >= 4 is 44.6 Å². The summed E-state index contributed by atoms with van der Waals surface area (Å²) in [6, 6.07) is 5.06. The van der Waals surface area contributed by atoms with Gasteiger partial charge in [0.2, 0.25) is 10.0 Å². The highest BCUT2D eigenvalue weighted by Gasteiger charge is 2.18. The number of carbonyl (C=O) groups is 1. The van der Waals surface area contributed by atoms with E-state index in [2.05, 4.69) is 10.0 Å². The molecule has 1 aromatic heterocycles. The van der Waals surface area contributed by atoms with Crippen molar-refractivity contribution in [3.05, 3.63) is 45.4 Å². The first kappa shape index (κ1) is 15.9. The molecule has 0 aliphatic carbocycles. The molecule has 0 atom stereocenters. The summed E-state index contributed by atoms with van der Waals surface area (Å²) in [6.07, 6.45) is 0. The van der Waals surface area contributed by atoms with E-state index in [9.17, 15) is 17.6 Å². The molecule has 112 valence electrons. The van der Waals surface area contributed by atoms with Crippen LogP contribution >= 0.6 is 22.9 Å². The smallest absolute Gasteiger partial charge is 0.265 e. The van der Waals surface area contributed by atoms with Crippen LogP contribution in [0.5, 0.6) is 0 Å². The summed E-state index contributed by atoms with van der Waals surface area (Å²) in [4.78, 5) is 12.1. The number of thiophene rings is 1. The van der Waals surface area contributed by atoms with E-state index < -0.39 is 21.7 Å². The maximum Gasteiger partial charge on any atom is 0.265 e. The average Bonchev–Trinajstić information content (AvgIpc) is 2.92. The lowest BCUT2D eigenvalue weighted by atomic mass is 10.3. The van der Waals surface area contributed by atoms with Gasteiger partial charge in [0.25, 0.3) is 5.91 Å². The summed E-state index contributed by atoms with van der Waals surface area (Å²) in [7, 11) is -2.33. The molecule has 1 amide bonds. The zero-order valence-corrected chi connectivity index (χ0v) is 13.1. The van der Waals surface area contributed by atoms with Crippen LogP contribution in [0.3, 0.4) is 0 Å². The minimum absolute atomic E-state index is 0.0169. The average molecular weight is 349 g/mol. The summed E-state index contributed by atoms with van der Waals surface area (Å²) in [5.41, 5.74) is -0.0316. The molecule has 2 rings (SSSR count). The second kappa shape index (κ2) is 6.10. The molecule has 9 heteroatoms. The lowest BCUT2D eigenvalue weighted by Crippen LogP contribution is -2.18. The van der Waals surface area contributed by atoms with Crippen LogP contribution in [0.2, 0.25) is 5.02 Å². The van der Waals surface area contributed by atoms with Gasteiger partial charge < -0.3 is 5.32 Å². The highest BCUT2D eigenvalue weighted by atomic mass is 35.5. The maximum absolute atomic E-state index is 13.6. The Bertz CT molecular complexity index is 790. The first-order valence-electron chi connectivity index (χ1n) is 5.62. The first-order valence-corrected chi connectivity index (χ1v) is 8.36. The van der Waals surface area contributed by atoms with Crippen LogP contribution in [0, 0.1) is 5.82 Å². The Labute approximate surface area is 129 Å². The van der Waals surface area contributed by atoms with Crippen LogP contribution in [0.25, 0.3) is 0 Å². The van der Waals surface area contributed by atoms with E-state index in [1.165, 1.54) is 30.6 Å². The highest BCUT2D eigenvalue weighted by molar-refractivity contribution is 7.89. The van der Waals surface area contributed by atoms with Gasteiger partial charge in [-0.05, 0) is 31.3 Å². The van der Waals surface area contributed by atoms with Crippen molar-refractivity contribution in [2.45, 2.75) is 4.90 Å². The molecule has 0 saturated heterocycles. The Morgan fingerprint density at radius 2 is 2.05 bits per heavy atom. The summed E-state index contributed by atoms with van der Waals surface area (Å²) in [5.74, 6) is -1.27. The zero-order chi connectivity index (χ0) is 15.6. The molecule has 0 bridgehead atoms. The summed E-state index contributed by atoms with van der Waals surface area (Å²) < 4.78 is 38.9. The van der Waals surface area contributed by atoms with Crippen molar-refractivity contribution in [2.75, 3.05) is 12.4 Å². The standard InChI is InChI=1S/C12H10ClFN2O3S2/c1-15-21(18,19)8-5-11(20-6-8)12(17)16-10-3-2-7(13)4-9(10)14/h2-6,15H,1H3,(H,16,17). The second-order valence-electron chi connectivity index (χ2n) is 3.93. The fourth-order valence-electron chi connectivity index (χ4n) is 1.47. The van der Waals surface area contributed by atoms with Crippen LogP contribution in [0.15, 0.2) is 34.5 Å². The van der Waals surface area contributed by atoms with Crippen molar-refractivity contribution in [1.82, 2.24) is 4.72 Å². The third-order valence-electron chi connectivity index (χ3n) is 2.56. The Kier molecular flexibility index (Phi) is 4.62. The largest absolute Gasteiger partial charge is 0.319 e. The normalized spacial score (nSPS) is 11.4. The number of hydrogen-bond donors (Lipinski definition) is 2. The van der Waals surface area contributed by atoms with Crippen molar-refractivity contribution in [3.63, 3.8) is 0 Å². The molecule has 2 aromatic rings. The Balaban J connectivity index is 2.22. The van der Waals surface area contributed by atoms with Crippen LogP contribution in [0.4, 0.5) is 10.1 Å². The Hall–Kier alpha value is -1.48. The predicted molar refractivity (Wildman–Crippen MR) is 79.9 cm³/mol. The fourth-order valence-corrected chi connectivity index (χ4v) is 3.53. The van der Waals surface area contributed by atoms with E-state index in [1.807, 2.05) is 0 Å². The molecule has 0 aliphatic heterocycles. The molecule has 2 N–H and O–H groups in total. The molecule has 0 fully saturated rings. The van der Waals surface area contributed by atoms with Gasteiger partial charge in [-0.25, -0.2) is 17.5 Å². The number of rotatable bonds is 4. The van der Waals surface area contributed by atoms with Gasteiger partial charge >= 0.3 is 0 Å². The van der Waals surface area contributed by atoms with Gasteiger partial charge in [0, 0.05) is 10.4 Å². The molecule has 0 unspecified atom stereocenters. The molecule has 1 aromatic carbocycles. The SMILES string of the molecule is CNS(=O)(=O)c1csc(C(=O)Nc2ccc(Cl)cc2F)c1. The third kappa shape index (κ3) is 3.59. The maximum atomic E-state index is 13.6. The molecule has 5 nitrogen and oxygen atoms in total. The lowest BCUT2D eigenvalue weighted by Gasteiger charge is -2.05. The predicted octanol–water partition coefficient (Wildman–Crippen LogP) is 2.70. The number of nitrogens with one attached hydrogen (secondary N) is 2. The van der Waals surface area contributed by atoms with E-state index in [0.29, 0.717) is 0 Å². The molecule has 1 heterocycles. The quantitative estimate of drug-likeness (QED) is 0.892. The van der Waals surface area contributed by atoms with Crippen molar-refractivity contribution in [3.8, 4) is 0 Å². The molecule has 0 spiro atoms. The zero-order valence-electron chi connectivity index (χ0n) is 10.7. The minimum atomic E-state index is -3.61. The number of amides is 1. The number of hydrogen-bond acceptors (Lipinski definition) is 4. The van der Waals surface area contributed by atoms with Crippen LogP contribution < -0.4 is 10.0 Å². The van der Waals surface area contributed by atoms with Gasteiger partial charge in [-0.1, -0.05) is 11.6 Å². The van der Waals surface area contributed by atoms with E-state index in [0.717, 1.165) is 17.4 Å². The number of anilines is 1. The number of carbonyl (C=O) groups excluding carboxylic acids is 1. The molecular formula is C12H10ClFN2O3S2. The Morgan fingerprint density at radius 1 is 1.33 bits per heavy atom.